The maximum Gasteiger partial charge on any atom is 0.435 e. The fourth-order valence-electron chi connectivity index (χ4n) is 2.97. The van der Waals surface area contributed by atoms with E-state index in [1.807, 2.05) is 0 Å². The number of aromatic amines is 1. The number of H-pyrrole nitrogens is 1. The smallest absolute Gasteiger partial charge is 0.360 e. The van der Waals surface area contributed by atoms with Gasteiger partial charge in [-0.25, -0.2) is 18.2 Å². The number of halogens is 4. The van der Waals surface area contributed by atoms with Crippen molar-refractivity contribution in [2.45, 2.75) is 11.1 Å². The topological polar surface area (TPSA) is 93.8 Å². The van der Waals surface area contributed by atoms with Crippen LogP contribution in [0, 0.1) is 0 Å². The van der Waals surface area contributed by atoms with Crippen molar-refractivity contribution in [3.05, 3.63) is 65.4 Å². The highest BCUT2D eigenvalue weighted by Gasteiger charge is 2.35. The molecule has 11 heteroatoms. The number of nitrogens with zero attached hydrogens (tertiary/aromatic N) is 2. The Morgan fingerprint density at radius 3 is 2.38 bits per heavy atom. The van der Waals surface area contributed by atoms with Crippen LogP contribution in [-0.4, -0.2) is 23.2 Å². The predicted molar refractivity (Wildman–Crippen MR) is 102 cm³/mol. The average Bonchev–Trinajstić information content (AvgIpc) is 3.28. The summed E-state index contributed by atoms with van der Waals surface area (Å²) in [4.78, 5) is 2.80. The molecule has 4 rings (SSSR count). The summed E-state index contributed by atoms with van der Waals surface area (Å²) in [5, 5.41) is 9.81. The molecule has 2 aromatic heterocycles. The molecule has 0 amide bonds. The highest BCUT2D eigenvalue weighted by Crippen LogP contribution is 2.36. The summed E-state index contributed by atoms with van der Waals surface area (Å²) in [6.07, 6.45) is -2.99. The first-order valence-corrected chi connectivity index (χ1v) is 10.0. The number of fused-ring (bicyclic) bond motifs is 1. The molecule has 150 valence electrons. The first-order valence-electron chi connectivity index (χ1n) is 8.11. The number of hydrogen-bond donors (Lipinski definition) is 2. The van der Waals surface area contributed by atoms with Crippen LogP contribution < -0.4 is 5.14 Å². The van der Waals surface area contributed by atoms with Gasteiger partial charge in [0.05, 0.1) is 26.8 Å². The van der Waals surface area contributed by atoms with E-state index in [1.54, 1.807) is 18.3 Å². The number of primary sulfonamides is 1. The summed E-state index contributed by atoms with van der Waals surface area (Å²) in [7, 11) is -3.94. The van der Waals surface area contributed by atoms with Crippen molar-refractivity contribution >= 4 is 32.5 Å². The average molecular weight is 441 g/mol. The van der Waals surface area contributed by atoms with E-state index in [0.717, 1.165) is 16.1 Å². The molecule has 4 aromatic rings. The molecule has 0 aliphatic carbocycles. The van der Waals surface area contributed by atoms with Crippen LogP contribution in [0.15, 0.2) is 59.6 Å². The second-order valence-corrected chi connectivity index (χ2v) is 8.23. The fraction of sp³-hybridized carbons (Fsp3) is 0.0556. The molecule has 0 fully saturated rings. The van der Waals surface area contributed by atoms with Crippen LogP contribution >= 0.6 is 11.6 Å². The highest BCUT2D eigenvalue weighted by atomic mass is 35.5. The molecule has 29 heavy (non-hydrogen) atoms. The second-order valence-electron chi connectivity index (χ2n) is 6.26. The van der Waals surface area contributed by atoms with E-state index in [4.69, 9.17) is 16.7 Å². The van der Waals surface area contributed by atoms with E-state index >= 15 is 0 Å². The first-order chi connectivity index (χ1) is 13.5. The third-order valence-corrected chi connectivity index (χ3v) is 5.54. The van der Waals surface area contributed by atoms with Crippen LogP contribution in [0.5, 0.6) is 0 Å². The van der Waals surface area contributed by atoms with Crippen LogP contribution in [0.2, 0.25) is 5.02 Å². The second kappa shape index (κ2) is 6.61. The summed E-state index contributed by atoms with van der Waals surface area (Å²) < 4.78 is 63.9. The monoisotopic (exact) mass is 440 g/mol. The van der Waals surface area contributed by atoms with Gasteiger partial charge < -0.3 is 4.98 Å². The van der Waals surface area contributed by atoms with E-state index in [2.05, 4.69) is 10.1 Å². The van der Waals surface area contributed by atoms with E-state index in [9.17, 15) is 21.6 Å². The molecule has 0 aliphatic rings. The minimum atomic E-state index is -4.66. The van der Waals surface area contributed by atoms with Crippen LogP contribution in [0.4, 0.5) is 13.2 Å². The zero-order chi connectivity index (χ0) is 21.0. The molecule has 0 atom stereocenters. The van der Waals surface area contributed by atoms with Crippen LogP contribution in [-0.2, 0) is 16.2 Å². The normalized spacial score (nSPS) is 12.6. The molecule has 2 heterocycles. The number of nitrogens with one attached hydrogen (secondary N) is 1. The van der Waals surface area contributed by atoms with Crippen LogP contribution in [0.1, 0.15) is 5.69 Å². The lowest BCUT2D eigenvalue weighted by Gasteiger charge is -2.09. The quantitative estimate of drug-likeness (QED) is 0.496. The van der Waals surface area contributed by atoms with E-state index < -0.39 is 21.9 Å². The zero-order valence-electron chi connectivity index (χ0n) is 14.4. The number of alkyl halides is 3. The number of benzene rings is 2. The lowest BCUT2D eigenvalue weighted by molar-refractivity contribution is -0.141. The Labute approximate surface area is 167 Å². The van der Waals surface area contributed by atoms with Crippen molar-refractivity contribution in [1.82, 2.24) is 14.8 Å². The highest BCUT2D eigenvalue weighted by molar-refractivity contribution is 7.89. The number of rotatable bonds is 3. The van der Waals surface area contributed by atoms with Gasteiger partial charge in [-0.05, 0) is 48.5 Å². The van der Waals surface area contributed by atoms with Gasteiger partial charge in [0, 0.05) is 17.1 Å². The van der Waals surface area contributed by atoms with Gasteiger partial charge in [-0.1, -0.05) is 11.6 Å². The van der Waals surface area contributed by atoms with Gasteiger partial charge in [-0.15, -0.1) is 0 Å². The van der Waals surface area contributed by atoms with E-state index in [0.29, 0.717) is 16.1 Å². The number of aromatic nitrogens is 3. The van der Waals surface area contributed by atoms with E-state index in [-0.39, 0.29) is 16.3 Å². The summed E-state index contributed by atoms with van der Waals surface area (Å²) in [5.74, 6) is 0. The first kappa shape index (κ1) is 19.5. The molecule has 3 N–H and O–H groups in total. The molecule has 2 aromatic carbocycles. The van der Waals surface area contributed by atoms with Crippen LogP contribution in [0.3, 0.4) is 0 Å². The standard InChI is InChI=1S/C18H12ClF3N4O2S/c19-14-8-11(7-10-5-6-24-17(10)14)15-9-16(18(20,21)22)25-26(15)12-1-3-13(4-2-12)29(23,27)28/h1-9,24H,(H2,23,27,28). The molecule has 0 aliphatic heterocycles. The number of nitrogens with two attached hydrogens (primary N) is 1. The van der Waals surface area contributed by atoms with Gasteiger partial charge in [0.1, 0.15) is 0 Å². The number of hydrogen-bond acceptors (Lipinski definition) is 3. The van der Waals surface area contributed by atoms with Crippen molar-refractivity contribution in [3.8, 4) is 16.9 Å². The van der Waals surface area contributed by atoms with Gasteiger partial charge in [-0.2, -0.15) is 18.3 Å². The largest absolute Gasteiger partial charge is 0.435 e. The molecular formula is C18H12ClF3N4O2S. The lowest BCUT2D eigenvalue weighted by atomic mass is 10.1. The maximum absolute atomic E-state index is 13.3. The van der Waals surface area contributed by atoms with Gasteiger partial charge in [-0.3, -0.25) is 0 Å². The molecule has 6 nitrogen and oxygen atoms in total. The van der Waals surface area contributed by atoms with Crippen LogP contribution in [0.25, 0.3) is 27.8 Å². The molecule has 0 radical (unpaired) electrons. The maximum atomic E-state index is 13.3. The van der Waals surface area contributed by atoms with Crippen molar-refractivity contribution in [1.29, 1.82) is 0 Å². The Bertz CT molecular complexity index is 1330. The Balaban J connectivity index is 1.92. The molecule has 0 saturated heterocycles. The van der Waals surface area contributed by atoms with Gasteiger partial charge in [0.15, 0.2) is 5.69 Å². The van der Waals surface area contributed by atoms with Crippen molar-refractivity contribution < 1.29 is 21.6 Å². The van der Waals surface area contributed by atoms with Crippen molar-refractivity contribution in [3.63, 3.8) is 0 Å². The minimum absolute atomic E-state index is 0.144. The van der Waals surface area contributed by atoms with Gasteiger partial charge in [0.25, 0.3) is 0 Å². The van der Waals surface area contributed by atoms with E-state index in [1.165, 1.54) is 30.3 Å². The molecular weight excluding hydrogens is 429 g/mol. The van der Waals surface area contributed by atoms with Crippen molar-refractivity contribution in [2.24, 2.45) is 5.14 Å². The Kier molecular flexibility index (Phi) is 4.45. The Morgan fingerprint density at radius 2 is 1.76 bits per heavy atom. The number of sulfonamides is 1. The molecule has 0 unspecified atom stereocenters. The molecule has 0 bridgehead atoms. The third kappa shape index (κ3) is 3.61. The van der Waals surface area contributed by atoms with Gasteiger partial charge >= 0.3 is 6.18 Å². The molecule has 0 spiro atoms. The lowest BCUT2D eigenvalue weighted by Crippen LogP contribution is -2.12. The summed E-state index contributed by atoms with van der Waals surface area (Å²) in [6, 6.07) is 10.9. The van der Waals surface area contributed by atoms with Gasteiger partial charge in [0.2, 0.25) is 10.0 Å². The Morgan fingerprint density at radius 1 is 1.07 bits per heavy atom. The zero-order valence-corrected chi connectivity index (χ0v) is 16.0. The minimum Gasteiger partial charge on any atom is -0.360 e. The third-order valence-electron chi connectivity index (χ3n) is 4.32. The summed E-state index contributed by atoms with van der Waals surface area (Å²) in [6.45, 7) is 0. The fourth-order valence-corrected chi connectivity index (χ4v) is 3.77. The predicted octanol–water partition coefficient (Wildman–Crippen LogP) is 4.34. The SMILES string of the molecule is NS(=O)(=O)c1ccc(-n2nc(C(F)(F)F)cc2-c2cc(Cl)c3[nH]ccc3c2)cc1. The summed E-state index contributed by atoms with van der Waals surface area (Å²) >= 11 is 6.26. The Hall–Kier alpha value is -2.82. The van der Waals surface area contributed by atoms with Crippen molar-refractivity contribution in [2.75, 3.05) is 0 Å². The molecule has 0 saturated carbocycles. The summed E-state index contributed by atoms with van der Waals surface area (Å²) in [5.41, 5.74) is 0.364.